The first kappa shape index (κ1) is 19.7. The van der Waals surface area contributed by atoms with Gasteiger partial charge in [-0.05, 0) is 74.3 Å². The highest BCUT2D eigenvalue weighted by Gasteiger charge is 2.62. The zero-order valence-corrected chi connectivity index (χ0v) is 18.4. The van der Waals surface area contributed by atoms with Gasteiger partial charge in [0.05, 0.1) is 12.8 Å². The molecule has 4 heteroatoms. The van der Waals surface area contributed by atoms with Gasteiger partial charge in [0.2, 0.25) is 0 Å². The minimum Gasteiger partial charge on any atom is -0.497 e. The maximum absolute atomic E-state index is 6.80. The Morgan fingerprint density at radius 3 is 2.22 bits per heavy atom. The molecule has 4 aliphatic carbocycles. The molecule has 4 bridgehead atoms. The van der Waals surface area contributed by atoms with Crippen molar-refractivity contribution in [2.45, 2.75) is 37.9 Å². The molecule has 2 aromatic rings. The Morgan fingerprint density at radius 1 is 0.875 bits per heavy atom. The molecule has 164 valence electrons. The Bertz CT molecular complexity index is 1040. The van der Waals surface area contributed by atoms with Gasteiger partial charge in [-0.1, -0.05) is 30.3 Å². The maximum Gasteiger partial charge on any atom is 0.256 e. The summed E-state index contributed by atoms with van der Waals surface area (Å²) in [4.78, 5) is 4.59. The number of hydrogen-bond donors (Lipinski definition) is 0. The van der Waals surface area contributed by atoms with Crippen molar-refractivity contribution in [2.24, 2.45) is 28.7 Å². The van der Waals surface area contributed by atoms with Gasteiger partial charge in [-0.2, -0.15) is 0 Å². The molecular weight excluding hydrogens is 398 g/mol. The van der Waals surface area contributed by atoms with Crippen LogP contribution in [0.4, 0.5) is 5.69 Å². The first-order chi connectivity index (χ1) is 15.7. The summed E-state index contributed by atoms with van der Waals surface area (Å²) in [5, 5.41) is 0. The van der Waals surface area contributed by atoms with E-state index in [9.17, 15) is 0 Å². The molecule has 4 saturated carbocycles. The summed E-state index contributed by atoms with van der Waals surface area (Å²) in [5.74, 6) is 4.67. The summed E-state index contributed by atoms with van der Waals surface area (Å²) >= 11 is 0. The van der Waals surface area contributed by atoms with E-state index in [1.807, 2.05) is 48.7 Å². The van der Waals surface area contributed by atoms with Crippen LogP contribution in [0.15, 0.2) is 77.5 Å². The summed E-state index contributed by atoms with van der Waals surface area (Å²) in [6.07, 6.45) is 12.1. The number of rotatable bonds is 4. The van der Waals surface area contributed by atoms with Gasteiger partial charge in [-0.3, -0.25) is 4.99 Å². The van der Waals surface area contributed by atoms with Crippen molar-refractivity contribution in [3.8, 4) is 5.75 Å². The minimum absolute atomic E-state index is 0.466. The maximum atomic E-state index is 6.80. The molecule has 32 heavy (non-hydrogen) atoms. The van der Waals surface area contributed by atoms with E-state index in [2.05, 4.69) is 29.3 Å². The molecule has 0 radical (unpaired) electrons. The van der Waals surface area contributed by atoms with E-state index in [1.165, 1.54) is 32.1 Å². The zero-order valence-electron chi connectivity index (χ0n) is 18.4. The third kappa shape index (κ3) is 3.42. The van der Waals surface area contributed by atoms with Crippen molar-refractivity contribution < 1.29 is 14.2 Å². The van der Waals surface area contributed by atoms with E-state index in [1.54, 1.807) is 7.11 Å². The highest BCUT2D eigenvalue weighted by molar-refractivity contribution is 5.77. The molecule has 1 spiro atoms. The molecule has 4 nitrogen and oxygen atoms in total. The summed E-state index contributed by atoms with van der Waals surface area (Å²) in [7, 11) is 1.67. The van der Waals surface area contributed by atoms with Crippen LogP contribution in [0.1, 0.15) is 37.7 Å². The Hall–Kier alpha value is -3.01. The number of nitrogens with zero attached hydrogens (tertiary/aromatic N) is 1. The summed E-state index contributed by atoms with van der Waals surface area (Å²) in [6, 6.07) is 18.1. The van der Waals surface area contributed by atoms with Gasteiger partial charge in [0, 0.05) is 29.7 Å². The topological polar surface area (TPSA) is 40.0 Å². The second-order valence-electron chi connectivity index (χ2n) is 9.65. The lowest BCUT2D eigenvalue weighted by Crippen LogP contribution is -2.60. The van der Waals surface area contributed by atoms with Gasteiger partial charge in [-0.25, -0.2) is 0 Å². The number of hydrogen-bond acceptors (Lipinski definition) is 4. The molecule has 4 fully saturated rings. The predicted octanol–water partition coefficient (Wildman–Crippen LogP) is 6.52. The van der Waals surface area contributed by atoms with Crippen molar-refractivity contribution in [3.63, 3.8) is 0 Å². The number of benzene rings is 2. The van der Waals surface area contributed by atoms with Crippen LogP contribution >= 0.6 is 0 Å². The predicted molar refractivity (Wildman–Crippen MR) is 126 cm³/mol. The normalized spacial score (nSPS) is 33.9. The van der Waals surface area contributed by atoms with E-state index in [0.29, 0.717) is 11.8 Å². The van der Waals surface area contributed by atoms with Crippen LogP contribution in [0.2, 0.25) is 0 Å². The Kier molecular flexibility index (Phi) is 4.82. The lowest BCUT2D eigenvalue weighted by atomic mass is 9.53. The standard InChI is InChI=1S/C28H29NO3/c1-30-25-9-7-24(8-10-25)29-12-11-26-18-27(21-5-3-2-4-6-21)32-28(31-26)22-14-19-13-20(16-22)17-23(28)15-19/h2-12,18-20,22-23H,13-17H2,1H3. The fourth-order valence-corrected chi connectivity index (χ4v) is 6.43. The fraction of sp³-hybridized carbons (Fsp3) is 0.393. The van der Waals surface area contributed by atoms with Gasteiger partial charge in [0.15, 0.2) is 0 Å². The lowest BCUT2D eigenvalue weighted by Gasteiger charge is -2.60. The average molecular weight is 428 g/mol. The number of methoxy groups -OCH3 is 1. The van der Waals surface area contributed by atoms with E-state index in [4.69, 9.17) is 14.2 Å². The quantitative estimate of drug-likeness (QED) is 0.521. The van der Waals surface area contributed by atoms with Crippen molar-refractivity contribution in [3.05, 3.63) is 78.1 Å². The molecule has 0 unspecified atom stereocenters. The highest BCUT2D eigenvalue weighted by atomic mass is 16.7. The molecule has 0 N–H and O–H groups in total. The summed E-state index contributed by atoms with van der Waals surface area (Å²) < 4.78 is 18.8. The molecule has 0 amide bonds. The molecule has 0 aromatic heterocycles. The van der Waals surface area contributed by atoms with Crippen LogP contribution in [0.3, 0.4) is 0 Å². The Labute approximate surface area is 189 Å². The average Bonchev–Trinajstić information content (AvgIpc) is 2.83. The number of aliphatic imine (C=N–C) groups is 1. The van der Waals surface area contributed by atoms with Gasteiger partial charge >= 0.3 is 0 Å². The largest absolute Gasteiger partial charge is 0.497 e. The van der Waals surface area contributed by atoms with Gasteiger partial charge in [-0.15, -0.1) is 0 Å². The minimum atomic E-state index is -0.535. The van der Waals surface area contributed by atoms with E-state index in [-0.39, 0.29) is 0 Å². The van der Waals surface area contributed by atoms with Gasteiger partial charge < -0.3 is 14.2 Å². The highest BCUT2D eigenvalue weighted by Crippen LogP contribution is 2.62. The molecule has 2 aromatic carbocycles. The molecule has 0 saturated heterocycles. The number of ether oxygens (including phenoxy) is 3. The molecule has 1 aliphatic heterocycles. The third-order valence-corrected chi connectivity index (χ3v) is 7.69. The molecule has 5 aliphatic rings. The van der Waals surface area contributed by atoms with Crippen molar-refractivity contribution >= 4 is 17.7 Å². The molecule has 7 rings (SSSR count). The molecule has 0 atom stereocenters. The Morgan fingerprint density at radius 2 is 1.56 bits per heavy atom. The smallest absolute Gasteiger partial charge is 0.256 e. The van der Waals surface area contributed by atoms with Crippen LogP contribution in [0.5, 0.6) is 5.75 Å². The van der Waals surface area contributed by atoms with E-state index >= 15 is 0 Å². The van der Waals surface area contributed by atoms with Crippen molar-refractivity contribution in [2.75, 3.05) is 7.11 Å². The van der Waals surface area contributed by atoms with Gasteiger partial charge in [0.25, 0.3) is 5.79 Å². The Balaban J connectivity index is 1.33. The third-order valence-electron chi connectivity index (χ3n) is 7.69. The van der Waals surface area contributed by atoms with Crippen LogP contribution in [0, 0.1) is 23.7 Å². The van der Waals surface area contributed by atoms with E-state index < -0.39 is 5.79 Å². The lowest BCUT2D eigenvalue weighted by molar-refractivity contribution is -0.300. The first-order valence-electron chi connectivity index (χ1n) is 11.8. The SMILES string of the molecule is COc1ccc(N=CC=C2C=C(c3ccccc3)OC3(O2)C2CC4CC(C2)CC3C4)cc1. The monoisotopic (exact) mass is 427 g/mol. The number of allylic oxidation sites excluding steroid dienone is 2. The van der Waals surface area contributed by atoms with Crippen molar-refractivity contribution in [1.29, 1.82) is 0 Å². The van der Waals surface area contributed by atoms with Crippen LogP contribution < -0.4 is 4.74 Å². The summed E-state index contributed by atoms with van der Waals surface area (Å²) in [6.45, 7) is 0. The van der Waals surface area contributed by atoms with Crippen LogP contribution in [-0.2, 0) is 9.47 Å². The molecular formula is C28H29NO3. The molecule has 1 heterocycles. The van der Waals surface area contributed by atoms with Crippen LogP contribution in [-0.4, -0.2) is 19.1 Å². The fourth-order valence-electron chi connectivity index (χ4n) is 6.43. The van der Waals surface area contributed by atoms with E-state index in [0.717, 1.165) is 40.4 Å². The first-order valence-corrected chi connectivity index (χ1v) is 11.8. The summed E-state index contributed by atoms with van der Waals surface area (Å²) in [5.41, 5.74) is 1.98. The second-order valence-corrected chi connectivity index (χ2v) is 9.65. The van der Waals surface area contributed by atoms with Crippen LogP contribution in [0.25, 0.3) is 5.76 Å². The van der Waals surface area contributed by atoms with Crippen molar-refractivity contribution in [1.82, 2.24) is 0 Å². The zero-order chi connectivity index (χ0) is 21.5. The second kappa shape index (κ2) is 7.84. The van der Waals surface area contributed by atoms with Gasteiger partial charge in [0.1, 0.15) is 17.3 Å².